The maximum atomic E-state index is 11.7. The molecular formula is C13H27NO3S. The molecule has 0 aromatic carbocycles. The topological polar surface area (TPSA) is 58.6 Å². The van der Waals surface area contributed by atoms with E-state index < -0.39 is 5.54 Å². The highest BCUT2D eigenvalue weighted by atomic mass is 32.2. The van der Waals surface area contributed by atoms with Crippen LogP contribution in [0.4, 0.5) is 0 Å². The predicted molar refractivity (Wildman–Crippen MR) is 77.0 cm³/mol. The summed E-state index contributed by atoms with van der Waals surface area (Å²) in [6, 6.07) is 0. The van der Waals surface area contributed by atoms with E-state index in [1.807, 2.05) is 25.6 Å². The average Bonchev–Trinajstić information content (AvgIpc) is 2.37. The number of esters is 1. The van der Waals surface area contributed by atoms with Crippen LogP contribution in [0.1, 0.15) is 39.5 Å². The fourth-order valence-corrected chi connectivity index (χ4v) is 2.77. The Morgan fingerprint density at radius 1 is 1.33 bits per heavy atom. The summed E-state index contributed by atoms with van der Waals surface area (Å²) >= 11 is 1.86. The molecule has 0 bridgehead atoms. The van der Waals surface area contributed by atoms with E-state index in [-0.39, 0.29) is 12.6 Å². The van der Waals surface area contributed by atoms with Crippen LogP contribution in [-0.2, 0) is 9.53 Å². The minimum absolute atomic E-state index is 0.183. The van der Waals surface area contributed by atoms with Crippen LogP contribution >= 0.6 is 11.8 Å². The molecule has 0 spiro atoms. The van der Waals surface area contributed by atoms with E-state index >= 15 is 0 Å². The number of carbonyl (C=O) groups is 1. The van der Waals surface area contributed by atoms with Crippen molar-refractivity contribution in [1.29, 1.82) is 0 Å². The summed E-state index contributed by atoms with van der Waals surface area (Å²) in [7, 11) is 1.43. The molecule has 1 atom stereocenters. The third kappa shape index (κ3) is 7.24. The molecule has 0 heterocycles. The van der Waals surface area contributed by atoms with Crippen molar-refractivity contribution in [3.8, 4) is 0 Å². The van der Waals surface area contributed by atoms with Gasteiger partial charge in [0.25, 0.3) is 0 Å². The first-order valence-corrected chi connectivity index (χ1v) is 7.78. The SMILES string of the molecule is CCNC(C)(CCCCSCCCO)C(=O)OC. The number of ether oxygens (including phenoxy) is 1. The molecule has 4 nitrogen and oxygen atoms in total. The highest BCUT2D eigenvalue weighted by Gasteiger charge is 2.32. The second-order valence-corrected chi connectivity index (χ2v) is 5.73. The van der Waals surface area contributed by atoms with E-state index in [4.69, 9.17) is 9.84 Å². The Bertz CT molecular complexity index is 226. The van der Waals surface area contributed by atoms with Crippen molar-refractivity contribution >= 4 is 17.7 Å². The maximum absolute atomic E-state index is 11.7. The van der Waals surface area contributed by atoms with Crippen molar-refractivity contribution in [2.45, 2.75) is 45.1 Å². The fraction of sp³-hybridized carbons (Fsp3) is 0.923. The van der Waals surface area contributed by atoms with Gasteiger partial charge in [0.1, 0.15) is 5.54 Å². The van der Waals surface area contributed by atoms with Crippen LogP contribution < -0.4 is 5.32 Å². The Morgan fingerprint density at radius 2 is 2.00 bits per heavy atom. The van der Waals surface area contributed by atoms with E-state index in [1.54, 1.807) is 0 Å². The van der Waals surface area contributed by atoms with Crippen molar-refractivity contribution in [2.75, 3.05) is 31.8 Å². The summed E-state index contributed by atoms with van der Waals surface area (Å²) in [4.78, 5) is 11.7. The lowest BCUT2D eigenvalue weighted by Crippen LogP contribution is -2.50. The molecular weight excluding hydrogens is 250 g/mol. The second kappa shape index (κ2) is 10.6. The van der Waals surface area contributed by atoms with Crippen LogP contribution in [0.2, 0.25) is 0 Å². The fourth-order valence-electron chi connectivity index (χ4n) is 1.83. The van der Waals surface area contributed by atoms with Gasteiger partial charge in [0, 0.05) is 6.61 Å². The van der Waals surface area contributed by atoms with Gasteiger partial charge in [-0.05, 0) is 44.2 Å². The van der Waals surface area contributed by atoms with Gasteiger partial charge in [-0.15, -0.1) is 0 Å². The number of hydrogen-bond donors (Lipinski definition) is 2. The lowest BCUT2D eigenvalue weighted by Gasteiger charge is -2.27. The number of methoxy groups -OCH3 is 1. The van der Waals surface area contributed by atoms with Crippen LogP contribution in [0.3, 0.4) is 0 Å². The van der Waals surface area contributed by atoms with Crippen LogP contribution in [0.5, 0.6) is 0 Å². The molecule has 108 valence electrons. The first kappa shape index (κ1) is 17.7. The van der Waals surface area contributed by atoms with E-state index in [1.165, 1.54) is 7.11 Å². The summed E-state index contributed by atoms with van der Waals surface area (Å²) in [5.74, 6) is 1.92. The largest absolute Gasteiger partial charge is 0.468 e. The number of rotatable bonds is 11. The molecule has 18 heavy (non-hydrogen) atoms. The summed E-state index contributed by atoms with van der Waals surface area (Å²) < 4.78 is 4.84. The molecule has 0 aliphatic rings. The smallest absolute Gasteiger partial charge is 0.325 e. The standard InChI is InChI=1S/C13H27NO3S/c1-4-14-13(2,12(16)17-3)8-5-6-10-18-11-7-9-15/h14-15H,4-11H2,1-3H3. The first-order chi connectivity index (χ1) is 8.60. The van der Waals surface area contributed by atoms with Gasteiger partial charge in [-0.3, -0.25) is 4.79 Å². The van der Waals surface area contributed by atoms with Crippen molar-refractivity contribution in [3.05, 3.63) is 0 Å². The molecule has 0 amide bonds. The number of likely N-dealkylation sites (N-methyl/N-ethyl adjacent to an activating group) is 1. The van der Waals surface area contributed by atoms with E-state index in [9.17, 15) is 4.79 Å². The molecule has 0 fully saturated rings. The van der Waals surface area contributed by atoms with Gasteiger partial charge in [0.05, 0.1) is 7.11 Å². The van der Waals surface area contributed by atoms with E-state index in [0.29, 0.717) is 0 Å². The second-order valence-electron chi connectivity index (χ2n) is 4.50. The van der Waals surface area contributed by atoms with Gasteiger partial charge >= 0.3 is 5.97 Å². The van der Waals surface area contributed by atoms with Gasteiger partial charge < -0.3 is 15.2 Å². The van der Waals surface area contributed by atoms with Gasteiger partial charge in [-0.25, -0.2) is 0 Å². The Labute approximate surface area is 115 Å². The Kier molecular flexibility index (Phi) is 10.5. The minimum Gasteiger partial charge on any atom is -0.468 e. The zero-order valence-corrected chi connectivity index (χ0v) is 12.6. The van der Waals surface area contributed by atoms with Gasteiger partial charge in [0.15, 0.2) is 0 Å². The van der Waals surface area contributed by atoms with Crippen molar-refractivity contribution in [3.63, 3.8) is 0 Å². The third-order valence-corrected chi connectivity index (χ3v) is 4.02. The first-order valence-electron chi connectivity index (χ1n) is 6.62. The monoisotopic (exact) mass is 277 g/mol. The molecule has 0 aliphatic carbocycles. The van der Waals surface area contributed by atoms with Crippen molar-refractivity contribution < 1.29 is 14.6 Å². The number of thioether (sulfide) groups is 1. The van der Waals surface area contributed by atoms with Crippen LogP contribution in [0, 0.1) is 0 Å². The lowest BCUT2D eigenvalue weighted by atomic mass is 9.95. The molecule has 5 heteroatoms. The number of carbonyl (C=O) groups excluding carboxylic acids is 1. The molecule has 0 aromatic heterocycles. The van der Waals surface area contributed by atoms with Crippen LogP contribution in [0.15, 0.2) is 0 Å². The molecule has 1 unspecified atom stereocenters. The maximum Gasteiger partial charge on any atom is 0.325 e. The Morgan fingerprint density at radius 3 is 2.56 bits per heavy atom. The molecule has 0 aromatic rings. The summed E-state index contributed by atoms with van der Waals surface area (Å²) in [6.45, 7) is 4.93. The van der Waals surface area contributed by atoms with Gasteiger partial charge in [-0.2, -0.15) is 11.8 Å². The van der Waals surface area contributed by atoms with Crippen molar-refractivity contribution in [1.82, 2.24) is 5.32 Å². The Balaban J connectivity index is 3.80. The van der Waals surface area contributed by atoms with E-state index in [2.05, 4.69) is 5.32 Å². The molecule has 0 radical (unpaired) electrons. The van der Waals surface area contributed by atoms with Crippen LogP contribution in [0.25, 0.3) is 0 Å². The minimum atomic E-state index is -0.556. The lowest BCUT2D eigenvalue weighted by molar-refractivity contribution is -0.148. The number of aliphatic hydroxyl groups is 1. The Hall–Kier alpha value is -0.260. The molecule has 2 N–H and O–H groups in total. The molecule has 0 saturated heterocycles. The number of aliphatic hydroxyl groups excluding tert-OH is 1. The summed E-state index contributed by atoms with van der Waals surface area (Å²) in [6.07, 6.45) is 3.76. The number of hydrogen-bond acceptors (Lipinski definition) is 5. The van der Waals surface area contributed by atoms with Gasteiger partial charge in [-0.1, -0.05) is 13.3 Å². The van der Waals surface area contributed by atoms with Gasteiger partial charge in [0.2, 0.25) is 0 Å². The molecule has 0 saturated carbocycles. The predicted octanol–water partition coefficient (Wildman–Crippen LogP) is 1.81. The highest BCUT2D eigenvalue weighted by Crippen LogP contribution is 2.17. The number of unbranched alkanes of at least 4 members (excludes halogenated alkanes) is 1. The zero-order valence-electron chi connectivity index (χ0n) is 11.8. The van der Waals surface area contributed by atoms with Crippen LogP contribution in [-0.4, -0.2) is 48.4 Å². The summed E-state index contributed by atoms with van der Waals surface area (Å²) in [5.41, 5.74) is -0.556. The highest BCUT2D eigenvalue weighted by molar-refractivity contribution is 7.99. The molecule has 0 rings (SSSR count). The van der Waals surface area contributed by atoms with Crippen molar-refractivity contribution in [2.24, 2.45) is 0 Å². The molecule has 0 aliphatic heterocycles. The average molecular weight is 277 g/mol. The zero-order chi connectivity index (χ0) is 13.9. The third-order valence-electron chi connectivity index (χ3n) is 2.87. The normalized spacial score (nSPS) is 14.2. The van der Waals surface area contributed by atoms with E-state index in [0.717, 1.165) is 43.7 Å². The summed E-state index contributed by atoms with van der Waals surface area (Å²) in [5, 5.41) is 11.9. The number of nitrogens with one attached hydrogen (secondary N) is 1. The quantitative estimate of drug-likeness (QED) is 0.445.